The van der Waals surface area contributed by atoms with Gasteiger partial charge in [-0.05, 0) is 0 Å². The normalized spacial score (nSPS) is 17.1. The van der Waals surface area contributed by atoms with Crippen LogP contribution in [0.25, 0.3) is 0 Å². The second-order valence-corrected chi connectivity index (χ2v) is 6.45. The van der Waals surface area contributed by atoms with E-state index < -0.39 is 62.8 Å². The lowest BCUT2D eigenvalue weighted by atomic mass is 9.93. The maximum atomic E-state index is 13.1. The Balaban J connectivity index is 6.93. The Morgan fingerprint density at radius 3 is 1.10 bits per heavy atom. The van der Waals surface area contributed by atoms with Crippen molar-refractivity contribution in [3.63, 3.8) is 0 Å². The van der Waals surface area contributed by atoms with E-state index in [1.165, 1.54) is 0 Å². The lowest BCUT2D eigenvalue weighted by molar-refractivity contribution is -0.414. The minimum absolute atomic E-state index is 4.92. The van der Waals surface area contributed by atoms with Crippen molar-refractivity contribution in [2.24, 2.45) is 0 Å². The first-order chi connectivity index (χ1) is 12.6. The average Bonchev–Trinajstić information content (AvgIpc) is 2.50. The molecule has 0 aromatic heterocycles. The van der Waals surface area contributed by atoms with E-state index in [-0.39, 0.29) is 0 Å². The van der Waals surface area contributed by atoms with Crippen LogP contribution in [0.3, 0.4) is 0 Å². The summed E-state index contributed by atoms with van der Waals surface area (Å²) in [4.78, 5) is 0. The van der Waals surface area contributed by atoms with Crippen LogP contribution in [0.5, 0.6) is 0 Å². The van der Waals surface area contributed by atoms with Crippen LogP contribution in [0.15, 0.2) is 11.7 Å². The Kier molecular flexibility index (Phi) is 6.63. The van der Waals surface area contributed by atoms with Gasteiger partial charge in [-0.3, -0.25) is 4.55 Å². The molecule has 180 valence electrons. The van der Waals surface area contributed by atoms with Gasteiger partial charge in [0.25, 0.3) is 0 Å². The van der Waals surface area contributed by atoms with Crippen LogP contribution < -0.4 is 0 Å². The molecule has 0 aliphatic heterocycles. The quantitative estimate of drug-likeness (QED) is 0.370. The topological polar surface area (TPSA) is 54.4 Å². The standard InChI is InChI=1S/C9HF17O3S/c10-1(2(11)4(14,15)16)3(12,13)5(17,18)6(19,20)7(21,22)8(23,24)9(25,26)30(27,28)29/h(H,27,28,29). The van der Waals surface area contributed by atoms with Gasteiger partial charge in [-0.15, -0.1) is 0 Å². The fourth-order valence-corrected chi connectivity index (χ4v) is 1.79. The molecule has 3 nitrogen and oxygen atoms in total. The van der Waals surface area contributed by atoms with Crippen molar-refractivity contribution in [3.05, 3.63) is 11.7 Å². The van der Waals surface area contributed by atoms with E-state index in [1.54, 1.807) is 0 Å². The molecule has 0 bridgehead atoms. The molecular weight excluding hydrogens is 511 g/mol. The van der Waals surface area contributed by atoms with E-state index in [4.69, 9.17) is 4.55 Å². The Hall–Kier alpha value is -1.54. The summed E-state index contributed by atoms with van der Waals surface area (Å²) in [6.07, 6.45) is -6.97. The van der Waals surface area contributed by atoms with E-state index in [1.807, 2.05) is 0 Å². The van der Waals surface area contributed by atoms with E-state index in [0.717, 1.165) is 0 Å². The van der Waals surface area contributed by atoms with Crippen molar-refractivity contribution in [3.8, 4) is 0 Å². The molecular formula is C9HF17O3S. The summed E-state index contributed by atoms with van der Waals surface area (Å²) >= 11 is 0. The SMILES string of the molecule is O=S(=O)(O)C(F)(F)C(F)(F)C(F)(F)C(F)(F)C(F)(F)C(F)(F)C(F)=C(F)C(F)(F)F. The largest absolute Gasteiger partial charge is 0.445 e. The monoisotopic (exact) mass is 512 g/mol. The van der Waals surface area contributed by atoms with Crippen molar-refractivity contribution in [2.75, 3.05) is 0 Å². The maximum absolute atomic E-state index is 13.1. The number of alkyl halides is 15. The number of hydrogen-bond donors (Lipinski definition) is 1. The highest BCUT2D eigenvalue weighted by Crippen LogP contribution is 2.62. The molecule has 30 heavy (non-hydrogen) atoms. The van der Waals surface area contributed by atoms with Gasteiger partial charge >= 0.3 is 51.2 Å². The fraction of sp³-hybridized carbons (Fsp3) is 0.778. The van der Waals surface area contributed by atoms with Gasteiger partial charge in [0.15, 0.2) is 0 Å². The van der Waals surface area contributed by atoms with Crippen LogP contribution in [0.1, 0.15) is 0 Å². The van der Waals surface area contributed by atoms with Crippen molar-refractivity contribution in [1.82, 2.24) is 0 Å². The summed E-state index contributed by atoms with van der Waals surface area (Å²) in [5.41, 5.74) is 0. The molecule has 0 aliphatic carbocycles. The van der Waals surface area contributed by atoms with Gasteiger partial charge in [0.05, 0.1) is 0 Å². The first-order valence-electron chi connectivity index (χ1n) is 5.93. The van der Waals surface area contributed by atoms with E-state index in [2.05, 4.69) is 0 Å². The van der Waals surface area contributed by atoms with Gasteiger partial charge < -0.3 is 0 Å². The van der Waals surface area contributed by atoms with Crippen LogP contribution in [0.4, 0.5) is 74.6 Å². The van der Waals surface area contributed by atoms with Crippen LogP contribution in [-0.4, -0.2) is 54.0 Å². The summed E-state index contributed by atoms with van der Waals surface area (Å²) in [6, 6.07) is 0. The van der Waals surface area contributed by atoms with Gasteiger partial charge in [-0.2, -0.15) is 78.7 Å². The predicted octanol–water partition coefficient (Wildman–Crippen LogP) is 5.36. The second kappa shape index (κ2) is 6.99. The molecule has 0 rings (SSSR count). The van der Waals surface area contributed by atoms with Crippen molar-refractivity contribution >= 4 is 10.1 Å². The van der Waals surface area contributed by atoms with Gasteiger partial charge in [-0.25, -0.2) is 4.39 Å². The van der Waals surface area contributed by atoms with Crippen molar-refractivity contribution in [1.29, 1.82) is 0 Å². The van der Waals surface area contributed by atoms with Crippen LogP contribution in [-0.2, 0) is 10.1 Å². The molecule has 0 spiro atoms. The van der Waals surface area contributed by atoms with Crippen molar-refractivity contribution in [2.45, 2.75) is 41.0 Å². The molecule has 0 radical (unpaired) electrons. The molecule has 0 aromatic carbocycles. The highest BCUT2D eigenvalue weighted by Gasteiger charge is 2.92. The Morgan fingerprint density at radius 1 is 0.533 bits per heavy atom. The summed E-state index contributed by atoms with van der Waals surface area (Å²) in [6.45, 7) is 0. The molecule has 0 saturated heterocycles. The lowest BCUT2D eigenvalue weighted by Crippen LogP contribution is -2.71. The molecule has 0 aromatic rings. The molecule has 0 atom stereocenters. The molecule has 1 N–H and O–H groups in total. The highest BCUT2D eigenvalue weighted by atomic mass is 32.2. The Bertz CT molecular complexity index is 805. The zero-order valence-corrected chi connectivity index (χ0v) is 13.4. The minimum Gasteiger partial charge on any atom is -0.281 e. The molecule has 0 saturated carbocycles. The number of hydrogen-bond acceptors (Lipinski definition) is 2. The van der Waals surface area contributed by atoms with Crippen LogP contribution in [0.2, 0.25) is 0 Å². The first-order valence-corrected chi connectivity index (χ1v) is 7.37. The maximum Gasteiger partial charge on any atom is 0.445 e. The third kappa shape index (κ3) is 3.66. The first kappa shape index (κ1) is 28.5. The van der Waals surface area contributed by atoms with E-state index in [9.17, 15) is 83.1 Å². The van der Waals surface area contributed by atoms with Gasteiger partial charge in [0.2, 0.25) is 11.7 Å². The van der Waals surface area contributed by atoms with Gasteiger partial charge in [-0.1, -0.05) is 0 Å². The number of halogens is 17. The Labute approximate surface area is 151 Å². The Morgan fingerprint density at radius 2 is 0.833 bits per heavy atom. The minimum atomic E-state index is -8.70. The lowest BCUT2D eigenvalue weighted by Gasteiger charge is -2.40. The van der Waals surface area contributed by atoms with Crippen LogP contribution in [0, 0.1) is 0 Å². The third-order valence-corrected chi connectivity index (χ3v) is 3.89. The molecule has 0 unspecified atom stereocenters. The second-order valence-electron chi connectivity index (χ2n) is 4.99. The van der Waals surface area contributed by atoms with Gasteiger partial charge in [0.1, 0.15) is 0 Å². The summed E-state index contributed by atoms with van der Waals surface area (Å²) < 4.78 is 244. The summed E-state index contributed by atoms with van der Waals surface area (Å²) in [7, 11) is -7.85. The average molecular weight is 512 g/mol. The fourth-order valence-electron chi connectivity index (χ4n) is 1.34. The zero-order valence-electron chi connectivity index (χ0n) is 12.6. The zero-order chi connectivity index (χ0) is 25.2. The molecule has 0 aliphatic rings. The summed E-state index contributed by atoms with van der Waals surface area (Å²) in [5, 5.41) is -7.79. The highest BCUT2D eigenvalue weighted by molar-refractivity contribution is 7.87. The van der Waals surface area contributed by atoms with E-state index in [0.29, 0.717) is 0 Å². The third-order valence-electron chi connectivity index (χ3n) is 2.98. The van der Waals surface area contributed by atoms with E-state index >= 15 is 0 Å². The van der Waals surface area contributed by atoms with Crippen molar-refractivity contribution < 1.29 is 87.6 Å². The predicted molar refractivity (Wildman–Crippen MR) is 56.5 cm³/mol. The van der Waals surface area contributed by atoms with Gasteiger partial charge in [0, 0.05) is 0 Å². The smallest absolute Gasteiger partial charge is 0.281 e. The molecule has 0 heterocycles. The summed E-state index contributed by atoms with van der Waals surface area (Å²) in [5.74, 6) is -52.5. The van der Waals surface area contributed by atoms with Crippen LogP contribution >= 0.6 is 0 Å². The molecule has 21 heteroatoms. The molecule has 0 fully saturated rings. The molecule has 0 amide bonds. The number of rotatable bonds is 7. The number of allylic oxidation sites excluding steroid dienone is 2.